The molecule has 22 heavy (non-hydrogen) atoms. The minimum atomic E-state index is -0.200. The number of unbranched alkanes of at least 4 members (excludes halogenated alkanes) is 3. The number of piperazine rings is 1. The summed E-state index contributed by atoms with van der Waals surface area (Å²) in [7, 11) is 0. The van der Waals surface area contributed by atoms with Crippen LogP contribution in [0.4, 0.5) is 10.1 Å². The molecule has 1 aliphatic rings. The third-order valence-electron chi connectivity index (χ3n) is 4.42. The Hall–Kier alpha value is -1.13. The Morgan fingerprint density at radius 1 is 1.05 bits per heavy atom. The Balaban J connectivity index is 1.67. The molecule has 2 rings (SSSR count). The average Bonchev–Trinajstić information content (AvgIpc) is 2.53. The molecule has 1 unspecified atom stereocenters. The largest absolute Gasteiger partial charge is 0.392 e. The highest BCUT2D eigenvalue weighted by Crippen LogP contribution is 2.17. The normalized spacial score (nSPS) is 17.7. The van der Waals surface area contributed by atoms with Gasteiger partial charge in [0.15, 0.2) is 0 Å². The first-order valence-electron chi connectivity index (χ1n) is 8.60. The fraction of sp³-hybridized carbons (Fsp3) is 0.667. The van der Waals surface area contributed by atoms with Crippen LogP contribution in [-0.2, 0) is 0 Å². The van der Waals surface area contributed by atoms with Crippen LogP contribution in [0.3, 0.4) is 0 Å². The lowest BCUT2D eigenvalue weighted by Crippen LogP contribution is -2.48. The summed E-state index contributed by atoms with van der Waals surface area (Å²) in [6.07, 6.45) is 5.58. The van der Waals surface area contributed by atoms with Crippen molar-refractivity contribution < 1.29 is 9.50 Å². The molecule has 124 valence electrons. The summed E-state index contributed by atoms with van der Waals surface area (Å²) in [5, 5.41) is 10.1. The van der Waals surface area contributed by atoms with Gasteiger partial charge in [-0.15, -0.1) is 0 Å². The maximum absolute atomic E-state index is 13.0. The second kappa shape index (κ2) is 9.11. The number of aliphatic hydroxyl groups is 1. The summed E-state index contributed by atoms with van der Waals surface area (Å²) in [5.41, 5.74) is 1.08. The molecule has 1 heterocycles. The molecule has 0 amide bonds. The van der Waals surface area contributed by atoms with Crippen molar-refractivity contribution in [2.24, 2.45) is 0 Å². The standard InChI is InChI=1S/C18H29FN2O/c1-2-3-4-5-6-18(22)15-20-11-13-21(14-12-20)17-9-7-16(19)8-10-17/h7-10,18,22H,2-6,11-15H2,1H3. The summed E-state index contributed by atoms with van der Waals surface area (Å²) >= 11 is 0. The van der Waals surface area contributed by atoms with Crippen LogP contribution in [0, 0.1) is 5.82 Å². The Morgan fingerprint density at radius 3 is 2.36 bits per heavy atom. The first-order valence-corrected chi connectivity index (χ1v) is 8.60. The van der Waals surface area contributed by atoms with Gasteiger partial charge >= 0.3 is 0 Å². The fourth-order valence-electron chi connectivity index (χ4n) is 3.04. The smallest absolute Gasteiger partial charge is 0.123 e. The van der Waals surface area contributed by atoms with Crippen molar-refractivity contribution in [3.8, 4) is 0 Å². The topological polar surface area (TPSA) is 26.7 Å². The molecule has 1 saturated heterocycles. The predicted molar refractivity (Wildman–Crippen MR) is 89.8 cm³/mol. The van der Waals surface area contributed by atoms with Crippen molar-refractivity contribution >= 4 is 5.69 Å². The van der Waals surface area contributed by atoms with E-state index >= 15 is 0 Å². The molecule has 0 aromatic heterocycles. The monoisotopic (exact) mass is 308 g/mol. The molecule has 1 fully saturated rings. The summed E-state index contributed by atoms with van der Waals surface area (Å²) in [6, 6.07) is 6.71. The summed E-state index contributed by atoms with van der Waals surface area (Å²) < 4.78 is 13.0. The van der Waals surface area contributed by atoms with Gasteiger partial charge in [0.2, 0.25) is 0 Å². The number of benzene rings is 1. The summed E-state index contributed by atoms with van der Waals surface area (Å²) in [6.45, 7) is 6.79. The van der Waals surface area contributed by atoms with Crippen molar-refractivity contribution in [2.45, 2.75) is 45.1 Å². The number of halogens is 1. The molecule has 0 aliphatic carbocycles. The van der Waals surface area contributed by atoms with Crippen LogP contribution >= 0.6 is 0 Å². The van der Waals surface area contributed by atoms with Crippen molar-refractivity contribution in [1.29, 1.82) is 0 Å². The highest BCUT2D eigenvalue weighted by atomic mass is 19.1. The SMILES string of the molecule is CCCCCCC(O)CN1CCN(c2ccc(F)cc2)CC1. The zero-order valence-corrected chi connectivity index (χ0v) is 13.7. The summed E-state index contributed by atoms with van der Waals surface area (Å²) in [4.78, 5) is 4.62. The molecule has 0 bridgehead atoms. The highest BCUT2D eigenvalue weighted by molar-refractivity contribution is 5.46. The summed E-state index contributed by atoms with van der Waals surface area (Å²) in [5.74, 6) is -0.186. The van der Waals surface area contributed by atoms with E-state index < -0.39 is 0 Å². The predicted octanol–water partition coefficient (Wildman–Crippen LogP) is 3.28. The number of nitrogens with zero attached hydrogens (tertiary/aromatic N) is 2. The Labute approximate surface area is 133 Å². The van der Waals surface area contributed by atoms with Crippen LogP contribution in [0.15, 0.2) is 24.3 Å². The van der Waals surface area contributed by atoms with E-state index in [-0.39, 0.29) is 11.9 Å². The molecule has 1 aromatic carbocycles. The Bertz CT molecular complexity index is 416. The van der Waals surface area contributed by atoms with E-state index in [2.05, 4.69) is 16.7 Å². The van der Waals surface area contributed by atoms with Gasteiger partial charge in [0, 0.05) is 38.4 Å². The lowest BCUT2D eigenvalue weighted by atomic mass is 10.1. The van der Waals surface area contributed by atoms with Crippen molar-refractivity contribution in [3.63, 3.8) is 0 Å². The van der Waals surface area contributed by atoms with Gasteiger partial charge in [-0.3, -0.25) is 4.90 Å². The van der Waals surface area contributed by atoms with Gasteiger partial charge in [0.25, 0.3) is 0 Å². The number of hydrogen-bond donors (Lipinski definition) is 1. The Kier molecular flexibility index (Phi) is 7.13. The van der Waals surface area contributed by atoms with E-state index in [1.54, 1.807) is 0 Å². The minimum absolute atomic E-state index is 0.186. The van der Waals surface area contributed by atoms with Crippen molar-refractivity contribution in [1.82, 2.24) is 4.90 Å². The van der Waals surface area contributed by atoms with E-state index in [0.717, 1.165) is 51.3 Å². The van der Waals surface area contributed by atoms with E-state index in [1.807, 2.05) is 12.1 Å². The van der Waals surface area contributed by atoms with E-state index in [9.17, 15) is 9.50 Å². The van der Waals surface area contributed by atoms with Gasteiger partial charge in [-0.2, -0.15) is 0 Å². The maximum atomic E-state index is 13.0. The van der Waals surface area contributed by atoms with Gasteiger partial charge in [-0.1, -0.05) is 32.6 Å². The molecule has 0 radical (unpaired) electrons. The van der Waals surface area contributed by atoms with Crippen LogP contribution in [0.2, 0.25) is 0 Å². The molecule has 1 aliphatic heterocycles. The third-order valence-corrected chi connectivity index (χ3v) is 4.42. The quantitative estimate of drug-likeness (QED) is 0.747. The van der Waals surface area contributed by atoms with Crippen LogP contribution in [0.5, 0.6) is 0 Å². The van der Waals surface area contributed by atoms with Crippen molar-refractivity contribution in [2.75, 3.05) is 37.6 Å². The van der Waals surface area contributed by atoms with Crippen LogP contribution in [0.25, 0.3) is 0 Å². The zero-order valence-electron chi connectivity index (χ0n) is 13.7. The van der Waals surface area contributed by atoms with Crippen LogP contribution < -0.4 is 4.90 Å². The van der Waals surface area contributed by atoms with Crippen LogP contribution in [-0.4, -0.2) is 48.8 Å². The van der Waals surface area contributed by atoms with Gasteiger partial charge in [-0.05, 0) is 30.7 Å². The first kappa shape index (κ1) is 17.2. The number of hydrogen-bond acceptors (Lipinski definition) is 3. The Morgan fingerprint density at radius 2 is 1.73 bits per heavy atom. The number of rotatable bonds is 8. The number of anilines is 1. The van der Waals surface area contributed by atoms with Gasteiger partial charge in [0.1, 0.15) is 5.82 Å². The molecule has 0 spiro atoms. The van der Waals surface area contributed by atoms with Crippen molar-refractivity contribution in [3.05, 3.63) is 30.1 Å². The number of aliphatic hydroxyl groups excluding tert-OH is 1. The highest BCUT2D eigenvalue weighted by Gasteiger charge is 2.19. The number of β-amino-alcohol motifs (C(OH)–C–C–N with tert-alkyl or cyclic N) is 1. The third kappa shape index (κ3) is 5.58. The molecule has 4 heteroatoms. The average molecular weight is 308 g/mol. The molecule has 1 N–H and O–H groups in total. The molecular formula is C18H29FN2O. The molecule has 3 nitrogen and oxygen atoms in total. The zero-order chi connectivity index (χ0) is 15.8. The second-order valence-corrected chi connectivity index (χ2v) is 6.27. The lowest BCUT2D eigenvalue weighted by Gasteiger charge is -2.37. The van der Waals surface area contributed by atoms with Gasteiger partial charge < -0.3 is 10.0 Å². The minimum Gasteiger partial charge on any atom is -0.392 e. The molecule has 1 atom stereocenters. The molecule has 1 aromatic rings. The fourth-order valence-corrected chi connectivity index (χ4v) is 3.04. The van der Waals surface area contributed by atoms with E-state index in [1.165, 1.54) is 31.4 Å². The lowest BCUT2D eigenvalue weighted by molar-refractivity contribution is 0.0997. The first-order chi connectivity index (χ1) is 10.7. The second-order valence-electron chi connectivity index (χ2n) is 6.27. The molecule has 0 saturated carbocycles. The van der Waals surface area contributed by atoms with E-state index in [4.69, 9.17) is 0 Å². The van der Waals surface area contributed by atoms with E-state index in [0.29, 0.717) is 0 Å². The maximum Gasteiger partial charge on any atom is 0.123 e. The molecular weight excluding hydrogens is 279 g/mol. The van der Waals surface area contributed by atoms with Gasteiger partial charge in [-0.25, -0.2) is 4.39 Å². The van der Waals surface area contributed by atoms with Crippen LogP contribution in [0.1, 0.15) is 39.0 Å². The van der Waals surface area contributed by atoms with Gasteiger partial charge in [0.05, 0.1) is 6.10 Å².